The third-order valence-corrected chi connectivity index (χ3v) is 6.93. The number of aryl methyl sites for hydroxylation is 2. The molecule has 2 aliphatic heterocycles. The fourth-order valence-electron chi connectivity index (χ4n) is 3.67. The molecular formula is C19H23N5O4S2. The van der Waals surface area contributed by atoms with E-state index in [1.54, 1.807) is 11.8 Å². The molecule has 0 bridgehead atoms. The molecule has 9 nitrogen and oxygen atoms in total. The van der Waals surface area contributed by atoms with Gasteiger partial charge in [0.1, 0.15) is 4.88 Å². The number of amides is 2. The minimum atomic E-state index is -3.44. The SMILES string of the molecule is Cc1nc(NS(C)(=O)=O)sc1C(=O)N1CCN(c2ccc3c(c2)CCC(=O)N3)CC1. The smallest absolute Gasteiger partial charge is 0.266 e. The van der Waals surface area contributed by atoms with Crippen LogP contribution in [0, 0.1) is 6.92 Å². The maximum Gasteiger partial charge on any atom is 0.266 e. The summed E-state index contributed by atoms with van der Waals surface area (Å²) in [6, 6.07) is 6.05. The number of hydrogen-bond donors (Lipinski definition) is 2. The Hall–Kier alpha value is -2.66. The van der Waals surface area contributed by atoms with Gasteiger partial charge in [0.15, 0.2) is 5.13 Å². The normalized spacial score (nSPS) is 16.8. The van der Waals surface area contributed by atoms with Crippen LogP contribution in [0.25, 0.3) is 0 Å². The Balaban J connectivity index is 1.41. The van der Waals surface area contributed by atoms with Crippen LogP contribution in [-0.2, 0) is 21.2 Å². The molecule has 0 radical (unpaired) electrons. The molecule has 2 N–H and O–H groups in total. The van der Waals surface area contributed by atoms with Crippen LogP contribution < -0.4 is 14.9 Å². The Morgan fingerprint density at radius 2 is 1.93 bits per heavy atom. The first-order valence-corrected chi connectivity index (χ1v) is 12.3. The maximum absolute atomic E-state index is 12.9. The summed E-state index contributed by atoms with van der Waals surface area (Å²) in [5.41, 5.74) is 3.63. The number of fused-ring (bicyclic) bond motifs is 1. The topological polar surface area (TPSA) is 112 Å². The van der Waals surface area contributed by atoms with Gasteiger partial charge in [-0.3, -0.25) is 14.3 Å². The van der Waals surface area contributed by atoms with Crippen molar-refractivity contribution in [2.24, 2.45) is 0 Å². The third-order valence-electron chi connectivity index (χ3n) is 5.18. The molecule has 0 saturated carbocycles. The summed E-state index contributed by atoms with van der Waals surface area (Å²) >= 11 is 1.06. The van der Waals surface area contributed by atoms with Gasteiger partial charge in [-0.25, -0.2) is 13.4 Å². The van der Waals surface area contributed by atoms with Crippen molar-refractivity contribution >= 4 is 49.7 Å². The van der Waals surface area contributed by atoms with Gasteiger partial charge in [0, 0.05) is 44.0 Å². The first-order chi connectivity index (χ1) is 14.2. The van der Waals surface area contributed by atoms with Gasteiger partial charge in [0.2, 0.25) is 15.9 Å². The highest BCUT2D eigenvalue weighted by molar-refractivity contribution is 7.92. The van der Waals surface area contributed by atoms with Gasteiger partial charge in [-0.05, 0) is 37.1 Å². The summed E-state index contributed by atoms with van der Waals surface area (Å²) in [6.45, 7) is 4.24. The van der Waals surface area contributed by atoms with Crippen molar-refractivity contribution in [3.05, 3.63) is 34.3 Å². The molecule has 0 unspecified atom stereocenters. The molecule has 2 amide bonds. The van der Waals surface area contributed by atoms with E-state index in [1.165, 1.54) is 0 Å². The van der Waals surface area contributed by atoms with Crippen LogP contribution in [0.15, 0.2) is 18.2 Å². The van der Waals surface area contributed by atoms with Crippen LogP contribution in [0.4, 0.5) is 16.5 Å². The molecule has 0 aliphatic carbocycles. The van der Waals surface area contributed by atoms with Gasteiger partial charge in [0.05, 0.1) is 11.9 Å². The number of piperazine rings is 1. The highest BCUT2D eigenvalue weighted by Crippen LogP contribution is 2.29. The van der Waals surface area contributed by atoms with Crippen molar-refractivity contribution in [2.45, 2.75) is 19.8 Å². The van der Waals surface area contributed by atoms with E-state index in [-0.39, 0.29) is 16.9 Å². The number of benzene rings is 1. The molecule has 30 heavy (non-hydrogen) atoms. The van der Waals surface area contributed by atoms with Crippen molar-refractivity contribution in [2.75, 3.05) is 47.4 Å². The molecule has 160 valence electrons. The van der Waals surface area contributed by atoms with Gasteiger partial charge in [-0.1, -0.05) is 11.3 Å². The van der Waals surface area contributed by atoms with Crippen LogP contribution in [0.3, 0.4) is 0 Å². The molecule has 0 atom stereocenters. The van der Waals surface area contributed by atoms with Crippen LogP contribution in [0.5, 0.6) is 0 Å². The number of hydrogen-bond acceptors (Lipinski definition) is 7. The van der Waals surface area contributed by atoms with Crippen molar-refractivity contribution in [3.63, 3.8) is 0 Å². The number of nitrogens with zero attached hydrogens (tertiary/aromatic N) is 3. The molecular weight excluding hydrogens is 426 g/mol. The third kappa shape index (κ3) is 4.41. The molecule has 11 heteroatoms. The fraction of sp³-hybridized carbons (Fsp3) is 0.421. The number of nitrogens with one attached hydrogen (secondary N) is 2. The lowest BCUT2D eigenvalue weighted by Crippen LogP contribution is -2.48. The molecule has 1 aromatic carbocycles. The Morgan fingerprint density at radius 3 is 2.63 bits per heavy atom. The van der Waals surface area contributed by atoms with E-state index >= 15 is 0 Å². The average molecular weight is 450 g/mol. The van der Waals surface area contributed by atoms with Crippen LogP contribution in [0.1, 0.15) is 27.3 Å². The van der Waals surface area contributed by atoms with Gasteiger partial charge >= 0.3 is 0 Å². The largest absolute Gasteiger partial charge is 0.368 e. The second-order valence-corrected chi connectivity index (χ2v) is 10.2. The van der Waals surface area contributed by atoms with Crippen LogP contribution in [0.2, 0.25) is 0 Å². The molecule has 0 spiro atoms. The number of aromatic nitrogens is 1. The molecule has 3 heterocycles. The van der Waals surface area contributed by atoms with E-state index in [2.05, 4.69) is 26.0 Å². The van der Waals surface area contributed by atoms with E-state index in [4.69, 9.17) is 0 Å². The summed E-state index contributed by atoms with van der Waals surface area (Å²) in [5.74, 6) is -0.0741. The fourth-order valence-corrected chi connectivity index (χ4v) is 5.44. The van der Waals surface area contributed by atoms with E-state index < -0.39 is 10.0 Å². The lowest BCUT2D eigenvalue weighted by molar-refractivity contribution is -0.116. The average Bonchev–Trinajstić information content (AvgIpc) is 3.05. The van der Waals surface area contributed by atoms with Gasteiger partial charge in [0.25, 0.3) is 5.91 Å². The van der Waals surface area contributed by atoms with E-state index in [0.717, 1.165) is 41.0 Å². The second-order valence-electron chi connectivity index (χ2n) is 7.48. The Kier molecular flexibility index (Phi) is 5.41. The summed E-state index contributed by atoms with van der Waals surface area (Å²) in [4.78, 5) is 33.1. The Bertz CT molecular complexity index is 1100. The molecule has 2 aromatic rings. The number of carbonyl (C=O) groups excluding carboxylic acids is 2. The highest BCUT2D eigenvalue weighted by atomic mass is 32.2. The first kappa shape index (κ1) is 20.6. The minimum Gasteiger partial charge on any atom is -0.368 e. The van der Waals surface area contributed by atoms with Gasteiger partial charge < -0.3 is 15.1 Å². The number of sulfonamides is 1. The van der Waals surface area contributed by atoms with Gasteiger partial charge in [-0.15, -0.1) is 0 Å². The molecule has 2 aliphatic rings. The Labute approximate surface area is 179 Å². The second kappa shape index (κ2) is 7.88. The molecule has 4 rings (SSSR count). The molecule has 1 aromatic heterocycles. The lowest BCUT2D eigenvalue weighted by atomic mass is 10.0. The highest BCUT2D eigenvalue weighted by Gasteiger charge is 2.26. The lowest BCUT2D eigenvalue weighted by Gasteiger charge is -2.36. The van der Waals surface area contributed by atoms with E-state index in [1.807, 2.05) is 12.1 Å². The van der Waals surface area contributed by atoms with Crippen molar-refractivity contribution in [1.29, 1.82) is 0 Å². The standard InChI is InChI=1S/C19H23N5O4S2/c1-12-17(29-19(20-12)22-30(2,27)28)18(26)24-9-7-23(8-10-24)14-4-5-15-13(11-14)3-6-16(25)21-15/h4-5,11H,3,6-10H2,1-2H3,(H,20,22)(H,21,25). The monoisotopic (exact) mass is 449 g/mol. The van der Waals surface area contributed by atoms with E-state index in [0.29, 0.717) is 43.2 Å². The number of anilines is 3. The minimum absolute atomic E-state index is 0.0515. The van der Waals surface area contributed by atoms with Gasteiger partial charge in [-0.2, -0.15) is 0 Å². The first-order valence-electron chi connectivity index (χ1n) is 9.62. The number of rotatable bonds is 4. The van der Waals surface area contributed by atoms with Crippen molar-refractivity contribution < 1.29 is 18.0 Å². The predicted molar refractivity (Wildman–Crippen MR) is 117 cm³/mol. The molecule has 1 saturated heterocycles. The van der Waals surface area contributed by atoms with Crippen LogP contribution in [-0.4, -0.2) is 62.6 Å². The Morgan fingerprint density at radius 1 is 1.20 bits per heavy atom. The zero-order chi connectivity index (χ0) is 21.5. The van der Waals surface area contributed by atoms with Crippen LogP contribution >= 0.6 is 11.3 Å². The number of thiazole rings is 1. The zero-order valence-electron chi connectivity index (χ0n) is 16.8. The summed E-state index contributed by atoms with van der Waals surface area (Å²) in [5, 5.41) is 3.10. The summed E-state index contributed by atoms with van der Waals surface area (Å²) in [6.07, 6.45) is 2.30. The quantitative estimate of drug-likeness (QED) is 0.734. The summed E-state index contributed by atoms with van der Waals surface area (Å²) < 4.78 is 25.1. The predicted octanol–water partition coefficient (Wildman–Crippen LogP) is 1.67. The maximum atomic E-state index is 12.9. The van der Waals surface area contributed by atoms with Crippen molar-refractivity contribution in [3.8, 4) is 0 Å². The summed E-state index contributed by atoms with van der Waals surface area (Å²) in [7, 11) is -3.44. The van der Waals surface area contributed by atoms with Crippen molar-refractivity contribution in [1.82, 2.24) is 9.88 Å². The zero-order valence-corrected chi connectivity index (χ0v) is 18.4. The van der Waals surface area contributed by atoms with E-state index in [9.17, 15) is 18.0 Å². The number of carbonyl (C=O) groups is 2. The molecule has 1 fully saturated rings.